The summed E-state index contributed by atoms with van der Waals surface area (Å²) in [5, 5.41) is 27.6. The molecule has 0 saturated heterocycles. The predicted octanol–water partition coefficient (Wildman–Crippen LogP) is 0.605. The second-order valence-corrected chi connectivity index (χ2v) is 3.70. The molecule has 0 atom stereocenters. The van der Waals surface area contributed by atoms with Crippen LogP contribution in [0.5, 0.6) is 0 Å². The van der Waals surface area contributed by atoms with Gasteiger partial charge in [0.1, 0.15) is 17.8 Å². The number of nitrogens with zero attached hydrogens (tertiary/aromatic N) is 3. The molecular formula is C13H12N4O5. The molecule has 2 N–H and O–H groups in total. The highest BCUT2D eigenvalue weighted by molar-refractivity contribution is 5.94. The molecule has 1 heterocycles. The Morgan fingerprint density at radius 1 is 1.32 bits per heavy atom. The Labute approximate surface area is 125 Å². The Balaban J connectivity index is 3.66. The fourth-order valence-electron chi connectivity index (χ4n) is 1.47. The first kappa shape index (κ1) is 16.7. The maximum Gasteiger partial charge on any atom is 0.359 e. The normalized spacial score (nSPS) is 10.9. The van der Waals surface area contributed by atoms with Crippen LogP contribution < -0.4 is 5.56 Å². The molecule has 0 aliphatic heterocycles. The van der Waals surface area contributed by atoms with Gasteiger partial charge in [-0.25, -0.2) is 9.78 Å². The number of H-pyrrole nitrogens is 1. The predicted molar refractivity (Wildman–Crippen MR) is 72.3 cm³/mol. The van der Waals surface area contributed by atoms with Crippen LogP contribution in [0, 0.1) is 22.7 Å². The molecule has 0 spiro atoms. The van der Waals surface area contributed by atoms with Crippen molar-refractivity contribution in [2.75, 3.05) is 13.2 Å². The van der Waals surface area contributed by atoms with E-state index in [0.717, 1.165) is 0 Å². The number of aromatic nitrogens is 2. The number of nitrogens with one attached hydrogen (secondary N) is 1. The van der Waals surface area contributed by atoms with Crippen molar-refractivity contribution in [3.63, 3.8) is 0 Å². The van der Waals surface area contributed by atoms with Gasteiger partial charge < -0.3 is 19.6 Å². The second-order valence-electron chi connectivity index (χ2n) is 3.70. The fraction of sp³-hybridized carbons (Fsp3) is 0.308. The minimum absolute atomic E-state index is 0.0179. The molecule has 9 heteroatoms. The summed E-state index contributed by atoms with van der Waals surface area (Å²) in [4.78, 5) is 29.3. The van der Waals surface area contributed by atoms with Gasteiger partial charge in [-0.2, -0.15) is 10.5 Å². The zero-order valence-corrected chi connectivity index (χ0v) is 11.8. The van der Waals surface area contributed by atoms with Gasteiger partial charge >= 0.3 is 5.97 Å². The Kier molecular flexibility index (Phi) is 5.66. The molecule has 9 nitrogen and oxygen atoms in total. The summed E-state index contributed by atoms with van der Waals surface area (Å²) in [5.41, 5.74) is -2.83. The van der Waals surface area contributed by atoms with E-state index in [2.05, 4.69) is 9.97 Å². The van der Waals surface area contributed by atoms with Crippen molar-refractivity contribution in [3.05, 3.63) is 33.4 Å². The van der Waals surface area contributed by atoms with Gasteiger partial charge in [-0.05, 0) is 13.8 Å². The number of aliphatic hydroxyl groups excluding tert-OH is 1. The van der Waals surface area contributed by atoms with Crippen molar-refractivity contribution >= 4 is 11.5 Å². The SMILES string of the molecule is CCOC(=O)c1nc(C#N)c(=O)[nH]c1/C(C#N)=C(/O)OCC. The van der Waals surface area contributed by atoms with E-state index in [9.17, 15) is 14.7 Å². The third-order valence-corrected chi connectivity index (χ3v) is 2.35. The number of ether oxygens (including phenoxy) is 2. The summed E-state index contributed by atoms with van der Waals surface area (Å²) in [6.07, 6.45) is 0. The first-order valence-corrected chi connectivity index (χ1v) is 6.18. The molecular weight excluding hydrogens is 292 g/mol. The van der Waals surface area contributed by atoms with E-state index in [1.54, 1.807) is 19.9 Å². The van der Waals surface area contributed by atoms with Crippen LogP contribution in [-0.4, -0.2) is 34.3 Å². The molecule has 0 bridgehead atoms. The summed E-state index contributed by atoms with van der Waals surface area (Å²) in [6.45, 7) is 3.19. The standard InChI is InChI=1S/C13H12N4O5/c1-3-21-12(19)7(5-14)9-10(13(20)22-4-2)16-8(6-15)11(18)17-9/h19H,3-4H2,1-2H3,(H,17,18)/b12-7-. The van der Waals surface area contributed by atoms with Gasteiger partial charge in [0.15, 0.2) is 11.3 Å². The van der Waals surface area contributed by atoms with Gasteiger partial charge in [0, 0.05) is 0 Å². The van der Waals surface area contributed by atoms with Crippen molar-refractivity contribution in [2.24, 2.45) is 0 Å². The molecule has 1 aromatic rings. The third kappa shape index (κ3) is 3.41. The second kappa shape index (κ2) is 7.45. The topological polar surface area (TPSA) is 149 Å². The Morgan fingerprint density at radius 2 is 1.95 bits per heavy atom. The highest BCUT2D eigenvalue weighted by Gasteiger charge is 2.24. The van der Waals surface area contributed by atoms with E-state index in [4.69, 9.17) is 20.0 Å². The number of carbonyl (C=O) groups excluding carboxylic acids is 1. The first-order valence-electron chi connectivity index (χ1n) is 6.18. The van der Waals surface area contributed by atoms with E-state index in [1.165, 1.54) is 6.07 Å². The molecule has 114 valence electrons. The van der Waals surface area contributed by atoms with Gasteiger partial charge in [-0.1, -0.05) is 0 Å². The molecule has 0 aromatic carbocycles. The third-order valence-electron chi connectivity index (χ3n) is 2.35. The van der Waals surface area contributed by atoms with Crippen LogP contribution in [-0.2, 0) is 9.47 Å². The lowest BCUT2D eigenvalue weighted by atomic mass is 10.1. The molecule has 0 amide bonds. The molecule has 22 heavy (non-hydrogen) atoms. The summed E-state index contributed by atoms with van der Waals surface area (Å²) in [6, 6.07) is 3.12. The van der Waals surface area contributed by atoms with Crippen LogP contribution in [0.25, 0.3) is 5.57 Å². The van der Waals surface area contributed by atoms with E-state index in [-0.39, 0.29) is 18.9 Å². The van der Waals surface area contributed by atoms with Gasteiger partial charge in [0.2, 0.25) is 5.69 Å². The maximum atomic E-state index is 11.9. The molecule has 1 aromatic heterocycles. The summed E-state index contributed by atoms with van der Waals surface area (Å²) < 4.78 is 9.54. The minimum Gasteiger partial charge on any atom is -0.480 e. The summed E-state index contributed by atoms with van der Waals surface area (Å²) in [5.74, 6) is -1.74. The van der Waals surface area contributed by atoms with Crippen molar-refractivity contribution < 1.29 is 19.4 Å². The van der Waals surface area contributed by atoms with Crippen molar-refractivity contribution in [1.82, 2.24) is 9.97 Å². The molecule has 0 fully saturated rings. The van der Waals surface area contributed by atoms with Crippen molar-refractivity contribution in [1.29, 1.82) is 10.5 Å². The number of esters is 1. The minimum atomic E-state index is -0.956. The Morgan fingerprint density at radius 3 is 2.45 bits per heavy atom. The monoisotopic (exact) mass is 304 g/mol. The van der Waals surface area contributed by atoms with E-state index in [1.807, 2.05) is 0 Å². The highest BCUT2D eigenvalue weighted by Crippen LogP contribution is 2.18. The maximum absolute atomic E-state index is 11.9. The average Bonchev–Trinajstić information content (AvgIpc) is 2.48. The molecule has 0 aliphatic carbocycles. The number of allylic oxidation sites excluding steroid dienone is 1. The average molecular weight is 304 g/mol. The number of hydrogen-bond acceptors (Lipinski definition) is 8. The number of aliphatic hydroxyl groups is 1. The lowest BCUT2D eigenvalue weighted by Crippen LogP contribution is -2.22. The van der Waals surface area contributed by atoms with E-state index >= 15 is 0 Å². The lowest BCUT2D eigenvalue weighted by Gasteiger charge is -2.09. The summed E-state index contributed by atoms with van der Waals surface area (Å²) in [7, 11) is 0. The number of aromatic amines is 1. The molecule has 0 radical (unpaired) electrons. The molecule has 0 aliphatic rings. The zero-order chi connectivity index (χ0) is 16.7. The largest absolute Gasteiger partial charge is 0.480 e. The van der Waals surface area contributed by atoms with E-state index in [0.29, 0.717) is 0 Å². The van der Waals surface area contributed by atoms with Crippen molar-refractivity contribution in [2.45, 2.75) is 13.8 Å². The molecule has 0 saturated carbocycles. The first-order chi connectivity index (χ1) is 10.5. The number of nitriles is 2. The molecule has 1 rings (SSSR count). The Bertz CT molecular complexity index is 751. The molecule has 0 unspecified atom stereocenters. The van der Waals surface area contributed by atoms with Gasteiger partial charge in [0.25, 0.3) is 11.5 Å². The van der Waals surface area contributed by atoms with Crippen LogP contribution in [0.4, 0.5) is 0 Å². The van der Waals surface area contributed by atoms with E-state index < -0.39 is 34.4 Å². The summed E-state index contributed by atoms with van der Waals surface area (Å²) >= 11 is 0. The smallest absolute Gasteiger partial charge is 0.359 e. The van der Waals surface area contributed by atoms with Gasteiger partial charge in [0.05, 0.1) is 13.2 Å². The van der Waals surface area contributed by atoms with Crippen molar-refractivity contribution in [3.8, 4) is 12.1 Å². The van der Waals surface area contributed by atoms with Crippen LogP contribution in [0.15, 0.2) is 10.7 Å². The van der Waals surface area contributed by atoms with Crippen LogP contribution >= 0.6 is 0 Å². The van der Waals surface area contributed by atoms with Crippen LogP contribution in [0.2, 0.25) is 0 Å². The fourth-order valence-corrected chi connectivity index (χ4v) is 1.47. The highest BCUT2D eigenvalue weighted by atomic mass is 16.6. The number of rotatable bonds is 5. The quantitative estimate of drug-likeness (QED) is 0.456. The number of carbonyl (C=O) groups is 1. The van der Waals surface area contributed by atoms with Crippen LogP contribution in [0.3, 0.4) is 0 Å². The number of hydrogen-bond donors (Lipinski definition) is 2. The van der Waals surface area contributed by atoms with Crippen LogP contribution in [0.1, 0.15) is 35.7 Å². The van der Waals surface area contributed by atoms with Gasteiger partial charge in [-0.3, -0.25) is 4.79 Å². The Hall–Kier alpha value is -3.33. The lowest BCUT2D eigenvalue weighted by molar-refractivity contribution is 0.0518. The zero-order valence-electron chi connectivity index (χ0n) is 11.8. The van der Waals surface area contributed by atoms with Gasteiger partial charge in [-0.15, -0.1) is 0 Å².